The summed E-state index contributed by atoms with van der Waals surface area (Å²) in [6, 6.07) is 0. The zero-order chi connectivity index (χ0) is 11.1. The van der Waals surface area contributed by atoms with Crippen LogP contribution in [0, 0.1) is 5.92 Å². The van der Waals surface area contributed by atoms with E-state index < -0.39 is 0 Å². The lowest BCUT2D eigenvalue weighted by atomic mass is 9.94. The third kappa shape index (κ3) is 4.08. The fourth-order valence-electron chi connectivity index (χ4n) is 1.97. The van der Waals surface area contributed by atoms with E-state index in [0.29, 0.717) is 6.61 Å². The lowest BCUT2D eigenvalue weighted by Gasteiger charge is -2.31. The van der Waals surface area contributed by atoms with Crippen molar-refractivity contribution in [2.75, 3.05) is 33.3 Å². The summed E-state index contributed by atoms with van der Waals surface area (Å²) in [6.07, 6.45) is 3.29. The van der Waals surface area contributed by atoms with Gasteiger partial charge in [0.2, 0.25) is 0 Å². The molecule has 1 amide bonds. The summed E-state index contributed by atoms with van der Waals surface area (Å²) in [5.74, 6) is 0.767. The van der Waals surface area contributed by atoms with E-state index in [1.807, 2.05) is 18.9 Å². The van der Waals surface area contributed by atoms with Crippen molar-refractivity contribution < 1.29 is 9.53 Å². The number of piperidine rings is 1. The summed E-state index contributed by atoms with van der Waals surface area (Å²) in [4.78, 5) is 13.2. The molecule has 4 nitrogen and oxygen atoms in total. The molecule has 88 valence electrons. The number of likely N-dealkylation sites (tertiary alicyclic amines) is 1. The van der Waals surface area contributed by atoms with Gasteiger partial charge in [-0.2, -0.15) is 0 Å². The van der Waals surface area contributed by atoms with Gasteiger partial charge in [0.05, 0.1) is 6.61 Å². The lowest BCUT2D eigenvalue weighted by molar-refractivity contribution is 0.0910. The number of rotatable bonds is 4. The van der Waals surface area contributed by atoms with Gasteiger partial charge in [0.25, 0.3) is 0 Å². The molecule has 1 aliphatic rings. The van der Waals surface area contributed by atoms with Crippen molar-refractivity contribution in [1.29, 1.82) is 0 Å². The molecule has 0 aliphatic carbocycles. The average Bonchev–Trinajstić information content (AvgIpc) is 2.27. The third-order valence-corrected chi connectivity index (χ3v) is 2.94. The molecular weight excluding hydrogens is 192 g/mol. The number of ether oxygens (including phenoxy) is 1. The summed E-state index contributed by atoms with van der Waals surface area (Å²) in [5.41, 5.74) is 0. The standard InChI is InChI=1S/C11H22N2O2/c1-3-15-11(14)13-8-5-10(6-9-13)4-7-12-2/h10,12H,3-9H2,1-2H3. The summed E-state index contributed by atoms with van der Waals surface area (Å²) < 4.78 is 4.97. The molecule has 4 heteroatoms. The molecule has 0 atom stereocenters. The van der Waals surface area contributed by atoms with Crippen molar-refractivity contribution in [2.24, 2.45) is 5.92 Å². The van der Waals surface area contributed by atoms with E-state index in [1.54, 1.807) is 0 Å². The quantitative estimate of drug-likeness (QED) is 0.770. The molecule has 0 radical (unpaired) electrons. The van der Waals surface area contributed by atoms with Crippen LogP contribution in [0.5, 0.6) is 0 Å². The molecule has 0 aromatic rings. The van der Waals surface area contributed by atoms with Gasteiger partial charge < -0.3 is 15.0 Å². The topological polar surface area (TPSA) is 41.6 Å². The zero-order valence-corrected chi connectivity index (χ0v) is 9.79. The van der Waals surface area contributed by atoms with Crippen LogP contribution in [-0.2, 0) is 4.74 Å². The maximum Gasteiger partial charge on any atom is 0.409 e. The first-order valence-electron chi connectivity index (χ1n) is 5.84. The Kier molecular flexibility index (Phi) is 5.47. The number of carbonyl (C=O) groups is 1. The van der Waals surface area contributed by atoms with Crippen LogP contribution in [0.25, 0.3) is 0 Å². The average molecular weight is 214 g/mol. The molecule has 1 heterocycles. The summed E-state index contributed by atoms with van der Waals surface area (Å²) in [7, 11) is 1.98. The summed E-state index contributed by atoms with van der Waals surface area (Å²) >= 11 is 0. The maximum absolute atomic E-state index is 11.4. The van der Waals surface area contributed by atoms with Crippen LogP contribution in [-0.4, -0.2) is 44.3 Å². The molecule has 0 aromatic heterocycles. The zero-order valence-electron chi connectivity index (χ0n) is 9.79. The van der Waals surface area contributed by atoms with E-state index in [4.69, 9.17) is 4.74 Å². The van der Waals surface area contributed by atoms with Gasteiger partial charge in [0.15, 0.2) is 0 Å². The van der Waals surface area contributed by atoms with Crippen molar-refractivity contribution >= 4 is 6.09 Å². The third-order valence-electron chi connectivity index (χ3n) is 2.94. The smallest absolute Gasteiger partial charge is 0.409 e. The van der Waals surface area contributed by atoms with Gasteiger partial charge >= 0.3 is 6.09 Å². The Balaban J connectivity index is 2.20. The molecule has 0 bridgehead atoms. The Morgan fingerprint density at radius 2 is 2.13 bits per heavy atom. The number of nitrogens with zero attached hydrogens (tertiary/aromatic N) is 1. The van der Waals surface area contributed by atoms with Gasteiger partial charge in [0, 0.05) is 13.1 Å². The monoisotopic (exact) mass is 214 g/mol. The van der Waals surface area contributed by atoms with Crippen LogP contribution in [0.4, 0.5) is 4.79 Å². The molecule has 1 N–H and O–H groups in total. The van der Waals surface area contributed by atoms with E-state index in [1.165, 1.54) is 6.42 Å². The highest BCUT2D eigenvalue weighted by atomic mass is 16.6. The van der Waals surface area contributed by atoms with Crippen molar-refractivity contribution in [3.8, 4) is 0 Å². The largest absolute Gasteiger partial charge is 0.450 e. The van der Waals surface area contributed by atoms with Crippen LogP contribution in [0.1, 0.15) is 26.2 Å². The number of amides is 1. The molecule has 1 rings (SSSR count). The number of hydrogen-bond donors (Lipinski definition) is 1. The minimum absolute atomic E-state index is 0.149. The Labute approximate surface area is 92.0 Å². The predicted octanol–water partition coefficient (Wildman–Crippen LogP) is 1.46. The second-order valence-electron chi connectivity index (χ2n) is 4.02. The van der Waals surface area contributed by atoms with Crippen LogP contribution in [0.3, 0.4) is 0 Å². The van der Waals surface area contributed by atoms with Crippen LogP contribution < -0.4 is 5.32 Å². The minimum Gasteiger partial charge on any atom is -0.450 e. The van der Waals surface area contributed by atoms with Crippen molar-refractivity contribution in [2.45, 2.75) is 26.2 Å². The maximum atomic E-state index is 11.4. The van der Waals surface area contributed by atoms with E-state index in [9.17, 15) is 4.79 Å². The van der Waals surface area contributed by atoms with E-state index in [-0.39, 0.29) is 6.09 Å². The van der Waals surface area contributed by atoms with E-state index >= 15 is 0 Å². The Hall–Kier alpha value is -0.770. The SMILES string of the molecule is CCOC(=O)N1CCC(CCNC)CC1. The highest BCUT2D eigenvalue weighted by Crippen LogP contribution is 2.20. The Morgan fingerprint density at radius 3 is 2.67 bits per heavy atom. The highest BCUT2D eigenvalue weighted by molar-refractivity contribution is 5.67. The molecule has 1 aliphatic heterocycles. The first kappa shape index (κ1) is 12.3. The fourth-order valence-corrected chi connectivity index (χ4v) is 1.97. The first-order valence-corrected chi connectivity index (χ1v) is 5.84. The van der Waals surface area contributed by atoms with Crippen molar-refractivity contribution in [1.82, 2.24) is 10.2 Å². The number of hydrogen-bond acceptors (Lipinski definition) is 3. The van der Waals surface area contributed by atoms with Gasteiger partial charge in [-0.15, -0.1) is 0 Å². The minimum atomic E-state index is -0.149. The van der Waals surface area contributed by atoms with Crippen LogP contribution in [0.2, 0.25) is 0 Å². The Bertz CT molecular complexity index is 189. The molecule has 15 heavy (non-hydrogen) atoms. The van der Waals surface area contributed by atoms with E-state index in [2.05, 4.69) is 5.32 Å². The van der Waals surface area contributed by atoms with Gasteiger partial charge in [-0.05, 0) is 45.7 Å². The van der Waals surface area contributed by atoms with Gasteiger partial charge in [-0.1, -0.05) is 0 Å². The molecule has 0 unspecified atom stereocenters. The lowest BCUT2D eigenvalue weighted by Crippen LogP contribution is -2.39. The number of carbonyl (C=O) groups excluding carboxylic acids is 1. The van der Waals surface area contributed by atoms with Gasteiger partial charge in [-0.3, -0.25) is 0 Å². The first-order chi connectivity index (χ1) is 7.27. The molecular formula is C11H22N2O2. The summed E-state index contributed by atoms with van der Waals surface area (Å²) in [6.45, 7) is 5.10. The second-order valence-corrected chi connectivity index (χ2v) is 4.02. The van der Waals surface area contributed by atoms with E-state index in [0.717, 1.165) is 38.4 Å². The summed E-state index contributed by atoms with van der Waals surface area (Å²) in [5, 5.41) is 3.16. The fraction of sp³-hybridized carbons (Fsp3) is 0.909. The predicted molar refractivity (Wildman–Crippen MR) is 59.9 cm³/mol. The van der Waals surface area contributed by atoms with Crippen LogP contribution >= 0.6 is 0 Å². The normalized spacial score (nSPS) is 17.9. The van der Waals surface area contributed by atoms with Crippen molar-refractivity contribution in [3.05, 3.63) is 0 Å². The number of nitrogens with one attached hydrogen (secondary N) is 1. The van der Waals surface area contributed by atoms with Gasteiger partial charge in [-0.25, -0.2) is 4.79 Å². The molecule has 0 saturated carbocycles. The van der Waals surface area contributed by atoms with Crippen molar-refractivity contribution in [3.63, 3.8) is 0 Å². The van der Waals surface area contributed by atoms with Gasteiger partial charge in [0.1, 0.15) is 0 Å². The van der Waals surface area contributed by atoms with Crippen LogP contribution in [0.15, 0.2) is 0 Å². The molecule has 0 aromatic carbocycles. The highest BCUT2D eigenvalue weighted by Gasteiger charge is 2.22. The Morgan fingerprint density at radius 1 is 1.47 bits per heavy atom. The molecule has 1 fully saturated rings. The molecule has 0 spiro atoms. The second kappa shape index (κ2) is 6.67. The molecule has 1 saturated heterocycles.